The number of nitrogens with one attached hydrogen (secondary N) is 1. The summed E-state index contributed by atoms with van der Waals surface area (Å²) in [6, 6.07) is 8.41. The number of hydrogen-bond acceptors (Lipinski definition) is 7. The zero-order valence-electron chi connectivity index (χ0n) is 21.9. The van der Waals surface area contributed by atoms with Gasteiger partial charge in [-0.3, -0.25) is 9.69 Å². The molecule has 8 nitrogen and oxygen atoms in total. The topological polar surface area (TPSA) is 92.0 Å². The van der Waals surface area contributed by atoms with Gasteiger partial charge in [-0.25, -0.2) is 0 Å². The van der Waals surface area contributed by atoms with E-state index in [-0.39, 0.29) is 24.1 Å². The molecule has 2 heterocycles. The highest BCUT2D eigenvalue weighted by atomic mass is 19.4. The Bertz CT molecular complexity index is 1290. The van der Waals surface area contributed by atoms with Crippen LogP contribution in [0.3, 0.4) is 0 Å². The molecule has 1 amide bonds. The molecule has 14 heteroatoms. The van der Waals surface area contributed by atoms with E-state index in [1.165, 1.54) is 18.2 Å². The molecule has 0 aromatic heterocycles. The van der Waals surface area contributed by atoms with Crippen LogP contribution in [0, 0.1) is 16.2 Å². The summed E-state index contributed by atoms with van der Waals surface area (Å²) in [5.41, 5.74) is -2.52. The van der Waals surface area contributed by atoms with E-state index < -0.39 is 34.7 Å². The zero-order valence-corrected chi connectivity index (χ0v) is 21.9. The predicted octanol–water partition coefficient (Wildman–Crippen LogP) is 5.61. The number of piperidine rings is 1. The van der Waals surface area contributed by atoms with E-state index in [4.69, 9.17) is 5.26 Å². The Morgan fingerprint density at radius 3 is 2.17 bits per heavy atom. The maximum absolute atomic E-state index is 13.3. The van der Waals surface area contributed by atoms with E-state index in [9.17, 15) is 36.0 Å². The molecule has 2 saturated heterocycles. The van der Waals surface area contributed by atoms with Crippen molar-refractivity contribution >= 4 is 23.0 Å². The average Bonchev–Trinajstić information content (AvgIpc) is 2.95. The number of nitrogens with zero attached hydrogens (tertiary/aromatic N) is 5. The van der Waals surface area contributed by atoms with Gasteiger partial charge in [-0.1, -0.05) is 0 Å². The highest BCUT2D eigenvalue weighted by Crippen LogP contribution is 2.38. The van der Waals surface area contributed by atoms with Gasteiger partial charge >= 0.3 is 12.4 Å². The molecule has 0 radical (unpaired) electrons. The molecule has 2 aromatic carbocycles. The van der Waals surface area contributed by atoms with Gasteiger partial charge in [-0.05, 0) is 54.4 Å². The minimum absolute atomic E-state index is 0.0337. The predicted molar refractivity (Wildman–Crippen MR) is 140 cm³/mol. The van der Waals surface area contributed by atoms with Gasteiger partial charge in [0.25, 0.3) is 0 Å². The lowest BCUT2D eigenvalue weighted by Crippen LogP contribution is -2.48. The summed E-state index contributed by atoms with van der Waals surface area (Å²) in [4.78, 5) is 29.1. The van der Waals surface area contributed by atoms with Gasteiger partial charge in [0.15, 0.2) is 0 Å². The van der Waals surface area contributed by atoms with Gasteiger partial charge in [0.2, 0.25) is 5.91 Å². The molecule has 0 spiro atoms. The Hall–Kier alpha value is -3.86. The number of carbonyl (C=O) groups is 1. The highest BCUT2D eigenvalue weighted by Gasteiger charge is 2.36. The number of halogens is 6. The summed E-state index contributed by atoms with van der Waals surface area (Å²) >= 11 is 0. The van der Waals surface area contributed by atoms with E-state index in [2.05, 4.69) is 15.4 Å². The van der Waals surface area contributed by atoms with Crippen molar-refractivity contribution in [2.24, 2.45) is 5.18 Å². The molecule has 0 bridgehead atoms. The van der Waals surface area contributed by atoms with Crippen LogP contribution in [0.5, 0.6) is 0 Å². The molecule has 2 aliphatic rings. The molecule has 41 heavy (non-hydrogen) atoms. The molecule has 0 atom stereocenters. The first kappa shape index (κ1) is 30.1. The normalized spacial score (nSPS) is 17.3. The summed E-state index contributed by atoms with van der Waals surface area (Å²) in [5.74, 6) is -0.0337. The lowest BCUT2D eigenvalue weighted by molar-refractivity contribution is -0.138. The number of amides is 1. The zero-order chi connectivity index (χ0) is 29.8. The number of nitriles is 1. The van der Waals surface area contributed by atoms with Crippen LogP contribution in [0.4, 0.5) is 43.4 Å². The standard InChI is InChI=1S/C27H28F6N6O2/c28-26(29,30)22-16-21(3-1-18(22)17-34)38-13-11-37(12-14-38)8-7-25(40)39-9-5-19(6-10-39)35-20-2-4-24(36-41)23(15-20)27(31,32)33/h1-4,15-16,19,35H,5-14H2. The second-order valence-electron chi connectivity index (χ2n) is 10.0. The van der Waals surface area contributed by atoms with E-state index in [0.717, 1.165) is 18.2 Å². The number of carbonyl (C=O) groups excluding carboxylic acids is 1. The number of benzene rings is 2. The first-order chi connectivity index (χ1) is 19.4. The summed E-state index contributed by atoms with van der Waals surface area (Å²) in [5, 5.41) is 14.5. The third kappa shape index (κ3) is 7.46. The highest BCUT2D eigenvalue weighted by molar-refractivity contribution is 5.76. The third-order valence-electron chi connectivity index (χ3n) is 7.43. The van der Waals surface area contributed by atoms with E-state index in [1.807, 2.05) is 4.90 Å². The summed E-state index contributed by atoms with van der Waals surface area (Å²) in [7, 11) is 0. The van der Waals surface area contributed by atoms with Gasteiger partial charge in [0.05, 0.1) is 22.8 Å². The number of rotatable bonds is 7. The molecule has 0 saturated carbocycles. The molecule has 0 aliphatic carbocycles. The van der Waals surface area contributed by atoms with Gasteiger partial charge < -0.3 is 15.1 Å². The van der Waals surface area contributed by atoms with E-state index >= 15 is 0 Å². The van der Waals surface area contributed by atoms with Crippen molar-refractivity contribution in [3.05, 3.63) is 58.0 Å². The number of anilines is 2. The Labute approximate surface area is 232 Å². The van der Waals surface area contributed by atoms with Gasteiger partial charge in [-0.15, -0.1) is 4.91 Å². The van der Waals surface area contributed by atoms with Crippen molar-refractivity contribution in [2.75, 3.05) is 56.0 Å². The van der Waals surface area contributed by atoms with Crippen molar-refractivity contribution in [1.82, 2.24) is 9.80 Å². The molecule has 220 valence electrons. The third-order valence-corrected chi connectivity index (χ3v) is 7.43. The molecular formula is C27H28F6N6O2. The number of alkyl halides is 6. The van der Waals surface area contributed by atoms with Crippen molar-refractivity contribution in [1.29, 1.82) is 5.26 Å². The Morgan fingerprint density at radius 2 is 1.59 bits per heavy atom. The maximum atomic E-state index is 13.3. The van der Waals surface area contributed by atoms with Crippen LogP contribution >= 0.6 is 0 Å². The number of nitroso groups, excluding NO2 is 1. The Balaban J connectivity index is 1.22. The molecule has 2 aliphatic heterocycles. The Kier molecular flexibility index (Phi) is 9.06. The minimum Gasteiger partial charge on any atom is -0.382 e. The molecular weight excluding hydrogens is 554 g/mol. The summed E-state index contributed by atoms with van der Waals surface area (Å²) in [6.45, 7) is 3.50. The lowest BCUT2D eigenvalue weighted by atomic mass is 10.0. The second kappa shape index (κ2) is 12.3. The molecule has 2 aromatic rings. The quantitative estimate of drug-likeness (QED) is 0.337. The van der Waals surface area contributed by atoms with E-state index in [1.54, 1.807) is 11.0 Å². The molecule has 2 fully saturated rings. The van der Waals surface area contributed by atoms with Gasteiger partial charge in [0, 0.05) is 69.7 Å². The van der Waals surface area contributed by atoms with Crippen molar-refractivity contribution in [3.63, 3.8) is 0 Å². The fraction of sp³-hybridized carbons (Fsp3) is 0.481. The first-order valence-electron chi connectivity index (χ1n) is 13.1. The molecule has 0 unspecified atom stereocenters. The summed E-state index contributed by atoms with van der Waals surface area (Å²) in [6.07, 6.45) is -7.95. The van der Waals surface area contributed by atoms with Crippen molar-refractivity contribution < 1.29 is 31.1 Å². The monoisotopic (exact) mass is 582 g/mol. The van der Waals surface area contributed by atoms with Crippen LogP contribution in [0.2, 0.25) is 0 Å². The fourth-order valence-corrected chi connectivity index (χ4v) is 5.14. The van der Waals surface area contributed by atoms with Crippen LogP contribution in [0.15, 0.2) is 41.6 Å². The largest absolute Gasteiger partial charge is 0.418 e. The van der Waals surface area contributed by atoms with Crippen LogP contribution in [-0.4, -0.2) is 67.6 Å². The second-order valence-corrected chi connectivity index (χ2v) is 10.0. The van der Waals surface area contributed by atoms with Crippen molar-refractivity contribution in [3.8, 4) is 6.07 Å². The Morgan fingerprint density at radius 1 is 0.927 bits per heavy atom. The van der Waals surface area contributed by atoms with Gasteiger partial charge in [-0.2, -0.15) is 31.6 Å². The van der Waals surface area contributed by atoms with Crippen LogP contribution in [0.25, 0.3) is 0 Å². The number of hydrogen-bond donors (Lipinski definition) is 1. The van der Waals surface area contributed by atoms with Crippen molar-refractivity contribution in [2.45, 2.75) is 37.7 Å². The van der Waals surface area contributed by atoms with Crippen LogP contribution in [-0.2, 0) is 17.1 Å². The smallest absolute Gasteiger partial charge is 0.382 e. The molecule has 4 rings (SSSR count). The van der Waals surface area contributed by atoms with Gasteiger partial charge in [0.1, 0.15) is 5.69 Å². The van der Waals surface area contributed by atoms with Crippen LogP contribution in [0.1, 0.15) is 36.0 Å². The number of likely N-dealkylation sites (tertiary alicyclic amines) is 1. The number of piperazine rings is 1. The lowest BCUT2D eigenvalue weighted by Gasteiger charge is -2.37. The minimum atomic E-state index is -4.70. The fourth-order valence-electron chi connectivity index (χ4n) is 5.14. The summed E-state index contributed by atoms with van der Waals surface area (Å²) < 4.78 is 79.5. The first-order valence-corrected chi connectivity index (χ1v) is 13.1. The SMILES string of the molecule is N#Cc1ccc(N2CCN(CCC(=O)N3CCC(Nc4ccc(N=O)c(C(F)(F)F)c4)CC3)CC2)cc1C(F)(F)F. The average molecular weight is 583 g/mol. The maximum Gasteiger partial charge on any atom is 0.418 e. The van der Waals surface area contributed by atoms with Crippen LogP contribution < -0.4 is 10.2 Å². The molecule has 1 N–H and O–H groups in total. The van der Waals surface area contributed by atoms with E-state index in [0.29, 0.717) is 64.3 Å².